The van der Waals surface area contributed by atoms with Gasteiger partial charge in [0.25, 0.3) is 0 Å². The molecule has 6 heteroatoms. The highest BCUT2D eigenvalue weighted by atomic mass is 16.5. The summed E-state index contributed by atoms with van der Waals surface area (Å²) in [4.78, 5) is 24.6. The number of ether oxygens (including phenoxy) is 1. The fraction of sp³-hybridized carbons (Fsp3) is 0.871. The summed E-state index contributed by atoms with van der Waals surface area (Å²) in [5, 5.41) is 23.2. The van der Waals surface area contributed by atoms with Crippen LogP contribution >= 0.6 is 0 Å². The first kappa shape index (κ1) is 66.1. The summed E-state index contributed by atoms with van der Waals surface area (Å²) in [7, 11) is 0. The first-order chi connectivity index (χ1) is 33.5. The van der Waals surface area contributed by atoms with Gasteiger partial charge in [0.05, 0.1) is 25.4 Å². The molecular formula is C62H117NO5. The Bertz CT molecular complexity index is 1100. The molecule has 2 atom stereocenters. The van der Waals surface area contributed by atoms with Crippen LogP contribution in [0.3, 0.4) is 0 Å². The molecule has 68 heavy (non-hydrogen) atoms. The van der Waals surface area contributed by atoms with Gasteiger partial charge in [0, 0.05) is 12.8 Å². The Labute approximate surface area is 424 Å². The second kappa shape index (κ2) is 57.7. The molecule has 2 unspecified atom stereocenters. The zero-order valence-corrected chi connectivity index (χ0v) is 45.6. The highest BCUT2D eigenvalue weighted by Crippen LogP contribution is 2.17. The predicted molar refractivity (Wildman–Crippen MR) is 296 cm³/mol. The van der Waals surface area contributed by atoms with Crippen LogP contribution in [0.5, 0.6) is 0 Å². The van der Waals surface area contributed by atoms with Gasteiger partial charge in [-0.25, -0.2) is 0 Å². The van der Waals surface area contributed by atoms with Crippen LogP contribution in [0.4, 0.5) is 0 Å². The standard InChI is InChI=1S/C62H117NO5/c1-3-5-7-9-11-13-15-17-19-21-23-24-25-26-27-28-29-31-33-35-38-42-46-50-54-60(65)59(58-64)63-61(66)55-51-47-43-39-37-41-45-49-53-57-68-62(67)56-52-48-44-40-36-34-32-30-22-20-18-16-14-12-10-8-6-4-2/h14,16,20,22,50,54,59-60,64-65H,3-13,15,17-19,21,23-49,51-53,55-58H2,1-2H3,(H,63,66)/b16-14-,22-20-,54-50+. The topological polar surface area (TPSA) is 95.9 Å². The minimum atomic E-state index is -0.864. The number of rotatable bonds is 56. The zero-order valence-electron chi connectivity index (χ0n) is 45.6. The van der Waals surface area contributed by atoms with Crippen LogP contribution in [0.25, 0.3) is 0 Å². The lowest BCUT2D eigenvalue weighted by atomic mass is 10.0. The Kier molecular flexibility index (Phi) is 56.0. The van der Waals surface area contributed by atoms with E-state index in [2.05, 4.69) is 43.5 Å². The Morgan fingerprint density at radius 3 is 1.13 bits per heavy atom. The highest BCUT2D eigenvalue weighted by Gasteiger charge is 2.18. The molecule has 0 bridgehead atoms. The average Bonchev–Trinajstić information content (AvgIpc) is 3.34. The lowest BCUT2D eigenvalue weighted by Gasteiger charge is -2.20. The molecule has 0 saturated carbocycles. The molecule has 0 radical (unpaired) electrons. The van der Waals surface area contributed by atoms with Gasteiger partial charge >= 0.3 is 5.97 Å². The maximum atomic E-state index is 12.5. The van der Waals surface area contributed by atoms with Gasteiger partial charge in [-0.05, 0) is 64.2 Å². The van der Waals surface area contributed by atoms with Crippen molar-refractivity contribution in [2.45, 2.75) is 334 Å². The lowest BCUT2D eigenvalue weighted by Crippen LogP contribution is -2.45. The third-order valence-corrected chi connectivity index (χ3v) is 13.9. The van der Waals surface area contributed by atoms with E-state index in [0.29, 0.717) is 19.4 Å². The maximum Gasteiger partial charge on any atom is 0.305 e. The molecule has 0 spiro atoms. The van der Waals surface area contributed by atoms with Gasteiger partial charge in [0.15, 0.2) is 0 Å². The molecule has 0 aliphatic heterocycles. The number of hydrogen-bond donors (Lipinski definition) is 3. The van der Waals surface area contributed by atoms with Crippen LogP contribution < -0.4 is 5.32 Å². The molecule has 0 aromatic rings. The fourth-order valence-electron chi connectivity index (χ4n) is 9.25. The smallest absolute Gasteiger partial charge is 0.305 e. The molecule has 0 aromatic heterocycles. The number of amides is 1. The SMILES string of the molecule is CCCCCC/C=C\C/C=C\CCCCCCCCCC(=O)OCCCCCCCCCCCC(=O)NC(CO)C(O)/C=C/CCCCCCCCCCCCCCCCCCCCCCCC. The second-order valence-electron chi connectivity index (χ2n) is 20.7. The van der Waals surface area contributed by atoms with Crippen LogP contribution in [0.15, 0.2) is 36.5 Å². The molecule has 3 N–H and O–H groups in total. The van der Waals surface area contributed by atoms with Crippen molar-refractivity contribution in [3.63, 3.8) is 0 Å². The van der Waals surface area contributed by atoms with E-state index in [-0.39, 0.29) is 18.5 Å². The fourth-order valence-corrected chi connectivity index (χ4v) is 9.25. The van der Waals surface area contributed by atoms with E-state index >= 15 is 0 Å². The third-order valence-electron chi connectivity index (χ3n) is 13.9. The first-order valence-corrected chi connectivity index (χ1v) is 30.3. The molecule has 0 heterocycles. The summed E-state index contributed by atoms with van der Waals surface area (Å²) in [5.41, 5.74) is 0. The average molecular weight is 957 g/mol. The molecule has 6 nitrogen and oxygen atoms in total. The summed E-state index contributed by atoms with van der Waals surface area (Å²) in [5.74, 6) is -0.127. The van der Waals surface area contributed by atoms with Crippen LogP contribution in [-0.2, 0) is 14.3 Å². The number of carbonyl (C=O) groups excluding carboxylic acids is 2. The molecular weight excluding hydrogens is 839 g/mol. The van der Waals surface area contributed by atoms with E-state index in [9.17, 15) is 19.8 Å². The molecule has 1 amide bonds. The number of allylic oxidation sites excluding steroid dienone is 5. The largest absolute Gasteiger partial charge is 0.466 e. The van der Waals surface area contributed by atoms with Gasteiger partial charge < -0.3 is 20.3 Å². The number of carbonyl (C=O) groups is 2. The molecule has 0 fully saturated rings. The number of esters is 1. The monoisotopic (exact) mass is 956 g/mol. The number of hydrogen-bond acceptors (Lipinski definition) is 5. The third kappa shape index (κ3) is 53.4. The van der Waals surface area contributed by atoms with Gasteiger partial charge in [0.1, 0.15) is 0 Å². The van der Waals surface area contributed by atoms with E-state index < -0.39 is 12.1 Å². The van der Waals surface area contributed by atoms with Crippen molar-refractivity contribution in [2.24, 2.45) is 0 Å². The quantitative estimate of drug-likeness (QED) is 0.0321. The van der Waals surface area contributed by atoms with Crippen molar-refractivity contribution in [3.05, 3.63) is 36.5 Å². The summed E-state index contributed by atoms with van der Waals surface area (Å²) in [6, 6.07) is -0.651. The van der Waals surface area contributed by atoms with E-state index in [1.165, 1.54) is 231 Å². The Morgan fingerprint density at radius 2 is 0.735 bits per heavy atom. The van der Waals surface area contributed by atoms with E-state index in [0.717, 1.165) is 64.2 Å². The molecule has 0 aliphatic rings. The van der Waals surface area contributed by atoms with Gasteiger partial charge in [-0.3, -0.25) is 9.59 Å². The summed E-state index contributed by atoms with van der Waals surface area (Å²) < 4.78 is 5.47. The van der Waals surface area contributed by atoms with Crippen molar-refractivity contribution < 1.29 is 24.5 Å². The van der Waals surface area contributed by atoms with Crippen LogP contribution in [0, 0.1) is 0 Å². The van der Waals surface area contributed by atoms with Crippen LogP contribution in [0.1, 0.15) is 322 Å². The second-order valence-corrected chi connectivity index (χ2v) is 20.7. The molecule has 0 saturated heterocycles. The summed E-state index contributed by atoms with van der Waals surface area (Å²) >= 11 is 0. The first-order valence-electron chi connectivity index (χ1n) is 30.3. The van der Waals surface area contributed by atoms with Gasteiger partial charge in [-0.2, -0.15) is 0 Å². The molecule has 0 aliphatic carbocycles. The highest BCUT2D eigenvalue weighted by molar-refractivity contribution is 5.76. The van der Waals surface area contributed by atoms with Crippen molar-refractivity contribution >= 4 is 11.9 Å². The van der Waals surface area contributed by atoms with Gasteiger partial charge in [0.2, 0.25) is 5.91 Å². The van der Waals surface area contributed by atoms with Gasteiger partial charge in [-0.1, -0.05) is 281 Å². The van der Waals surface area contributed by atoms with Crippen LogP contribution in [0.2, 0.25) is 0 Å². The summed E-state index contributed by atoms with van der Waals surface area (Å²) in [6.07, 6.45) is 71.7. The molecule has 0 aromatic carbocycles. The van der Waals surface area contributed by atoms with E-state index in [4.69, 9.17) is 4.74 Å². The van der Waals surface area contributed by atoms with E-state index in [1.54, 1.807) is 6.08 Å². The number of aliphatic hydroxyl groups is 2. The predicted octanol–water partition coefficient (Wildman–Crippen LogP) is 18.8. The Morgan fingerprint density at radius 1 is 0.412 bits per heavy atom. The number of unbranched alkanes of at least 4 members (excludes halogenated alkanes) is 41. The normalized spacial score (nSPS) is 12.8. The van der Waals surface area contributed by atoms with Crippen molar-refractivity contribution in [2.75, 3.05) is 13.2 Å². The number of nitrogens with one attached hydrogen (secondary N) is 1. The maximum absolute atomic E-state index is 12.5. The minimum absolute atomic E-state index is 0.0339. The zero-order chi connectivity index (χ0) is 49.3. The summed E-state index contributed by atoms with van der Waals surface area (Å²) in [6.45, 7) is 4.84. The van der Waals surface area contributed by atoms with Crippen LogP contribution in [-0.4, -0.2) is 47.4 Å². The molecule has 400 valence electrons. The lowest BCUT2D eigenvalue weighted by molar-refractivity contribution is -0.143. The van der Waals surface area contributed by atoms with Crippen molar-refractivity contribution in [3.8, 4) is 0 Å². The minimum Gasteiger partial charge on any atom is -0.466 e. The Hall–Kier alpha value is -1.92. The van der Waals surface area contributed by atoms with Gasteiger partial charge in [-0.15, -0.1) is 0 Å². The van der Waals surface area contributed by atoms with Crippen molar-refractivity contribution in [1.29, 1.82) is 0 Å². The Balaban J connectivity index is 3.51. The van der Waals surface area contributed by atoms with E-state index in [1.807, 2.05) is 6.08 Å². The number of aliphatic hydroxyl groups excluding tert-OH is 2. The van der Waals surface area contributed by atoms with Crippen molar-refractivity contribution in [1.82, 2.24) is 5.32 Å². The molecule has 0 rings (SSSR count).